The van der Waals surface area contributed by atoms with Crippen molar-refractivity contribution in [2.45, 2.75) is 39.5 Å². The molecule has 1 heterocycles. The Morgan fingerprint density at radius 2 is 2.16 bits per heavy atom. The molecular weight excluding hydrogens is 404 g/mol. The van der Waals surface area contributed by atoms with E-state index in [4.69, 9.17) is 17.0 Å². The molecule has 0 aliphatic heterocycles. The zero-order valence-electron chi connectivity index (χ0n) is 14.7. The van der Waals surface area contributed by atoms with Gasteiger partial charge in [0.2, 0.25) is 4.77 Å². The summed E-state index contributed by atoms with van der Waals surface area (Å²) < 4.78 is 7.75. The highest BCUT2D eigenvalue weighted by molar-refractivity contribution is 9.10. The van der Waals surface area contributed by atoms with Gasteiger partial charge < -0.3 is 4.74 Å². The fraction of sp³-hybridized carbons (Fsp3) is 0.412. The lowest BCUT2D eigenvalue weighted by atomic mass is 9.93. The monoisotopic (exact) mass is 424 g/mol. The molecule has 0 aliphatic carbocycles. The molecule has 0 aliphatic rings. The summed E-state index contributed by atoms with van der Waals surface area (Å²) in [5.74, 6) is 0.771. The van der Waals surface area contributed by atoms with Gasteiger partial charge in [0.05, 0.1) is 17.3 Å². The Morgan fingerprint density at radius 1 is 1.44 bits per heavy atom. The van der Waals surface area contributed by atoms with E-state index in [2.05, 4.69) is 38.2 Å². The third kappa shape index (κ3) is 4.85. The van der Waals surface area contributed by atoms with Gasteiger partial charge in [0.25, 0.3) is 5.56 Å². The minimum absolute atomic E-state index is 0.149. The van der Waals surface area contributed by atoms with Crippen LogP contribution in [0.1, 0.15) is 45.4 Å². The second-order valence-corrected chi connectivity index (χ2v) is 7.77. The molecule has 0 amide bonds. The van der Waals surface area contributed by atoms with E-state index < -0.39 is 5.41 Å². The summed E-state index contributed by atoms with van der Waals surface area (Å²) in [5, 5.41) is 11.0. The number of H-pyrrole nitrogens is 1. The Bertz CT molecular complexity index is 897. The maximum atomic E-state index is 12.6. The number of aromatic amines is 1. The molecule has 0 unspecified atom stereocenters. The Labute approximate surface area is 160 Å². The van der Waals surface area contributed by atoms with Gasteiger partial charge in [-0.05, 0) is 58.3 Å². The summed E-state index contributed by atoms with van der Waals surface area (Å²) in [7, 11) is 0. The number of nitrogens with zero attached hydrogens (tertiary/aromatic N) is 3. The van der Waals surface area contributed by atoms with Crippen LogP contribution < -0.4 is 10.3 Å². The van der Waals surface area contributed by atoms with Gasteiger partial charge in [-0.2, -0.15) is 14.9 Å². The first kappa shape index (κ1) is 19.5. The Hall–Kier alpha value is -1.80. The van der Waals surface area contributed by atoms with Crippen molar-refractivity contribution >= 4 is 34.4 Å². The highest BCUT2D eigenvalue weighted by atomic mass is 79.9. The molecule has 134 valence electrons. The quantitative estimate of drug-likeness (QED) is 0.580. The molecule has 0 saturated carbocycles. The van der Waals surface area contributed by atoms with Crippen LogP contribution in [0.2, 0.25) is 0 Å². The van der Waals surface area contributed by atoms with Crippen LogP contribution >= 0.6 is 28.1 Å². The number of ether oxygens (including phenoxy) is 1. The van der Waals surface area contributed by atoms with Crippen LogP contribution in [0, 0.1) is 4.77 Å². The first-order valence-electron chi connectivity index (χ1n) is 7.93. The summed E-state index contributed by atoms with van der Waals surface area (Å²) in [5.41, 5.74) is 0.457. The summed E-state index contributed by atoms with van der Waals surface area (Å²) in [6.45, 7) is 8.44. The molecule has 2 aromatic rings. The number of nitrogens with one attached hydrogen (secondary N) is 1. The molecule has 0 spiro atoms. The van der Waals surface area contributed by atoms with Crippen LogP contribution in [0.15, 0.2) is 32.6 Å². The smallest absolute Gasteiger partial charge is 0.297 e. The lowest BCUT2D eigenvalue weighted by Crippen LogP contribution is -2.32. The highest BCUT2D eigenvalue weighted by Crippen LogP contribution is 2.25. The van der Waals surface area contributed by atoms with E-state index in [1.165, 1.54) is 0 Å². The van der Waals surface area contributed by atoms with Gasteiger partial charge in [0.1, 0.15) is 11.4 Å². The fourth-order valence-electron chi connectivity index (χ4n) is 2.04. The first-order valence-corrected chi connectivity index (χ1v) is 9.13. The normalized spacial score (nSPS) is 11.9. The predicted octanol–water partition coefficient (Wildman–Crippen LogP) is 4.03. The van der Waals surface area contributed by atoms with Crippen molar-refractivity contribution < 1.29 is 4.74 Å². The van der Waals surface area contributed by atoms with Gasteiger partial charge >= 0.3 is 0 Å². The van der Waals surface area contributed by atoms with Gasteiger partial charge in [-0.15, -0.1) is 0 Å². The fourth-order valence-corrected chi connectivity index (χ4v) is 2.72. The molecule has 0 atom stereocenters. The van der Waals surface area contributed by atoms with Crippen molar-refractivity contribution in [1.29, 1.82) is 0 Å². The third-order valence-corrected chi connectivity index (χ3v) is 4.18. The molecule has 0 fully saturated rings. The largest absolute Gasteiger partial charge is 0.492 e. The van der Waals surface area contributed by atoms with Gasteiger partial charge in [-0.1, -0.05) is 27.7 Å². The Kier molecular flexibility index (Phi) is 6.29. The summed E-state index contributed by atoms with van der Waals surface area (Å²) in [4.78, 5) is 12.6. The van der Waals surface area contributed by atoms with Crippen molar-refractivity contribution in [3.63, 3.8) is 0 Å². The van der Waals surface area contributed by atoms with Crippen LogP contribution in [-0.4, -0.2) is 27.7 Å². The van der Waals surface area contributed by atoms with Crippen molar-refractivity contribution in [3.8, 4) is 5.75 Å². The molecule has 25 heavy (non-hydrogen) atoms. The lowest BCUT2D eigenvalue weighted by molar-refractivity contribution is 0.315. The van der Waals surface area contributed by atoms with Crippen molar-refractivity contribution in [2.75, 3.05) is 6.61 Å². The molecule has 0 radical (unpaired) electrons. The Balaban J connectivity index is 2.35. The van der Waals surface area contributed by atoms with E-state index in [1.54, 1.807) is 6.21 Å². The van der Waals surface area contributed by atoms with Crippen molar-refractivity contribution in [1.82, 2.24) is 14.9 Å². The maximum absolute atomic E-state index is 12.6. The minimum atomic E-state index is -0.408. The Morgan fingerprint density at radius 3 is 2.76 bits per heavy atom. The summed E-state index contributed by atoms with van der Waals surface area (Å²) in [6.07, 6.45) is 2.51. The van der Waals surface area contributed by atoms with Crippen LogP contribution in [-0.2, 0) is 5.41 Å². The zero-order valence-corrected chi connectivity index (χ0v) is 17.1. The molecule has 2 rings (SSSR count). The number of benzene rings is 1. The molecule has 0 saturated heterocycles. The zero-order chi connectivity index (χ0) is 18.6. The summed E-state index contributed by atoms with van der Waals surface area (Å²) >= 11 is 8.61. The third-order valence-electron chi connectivity index (χ3n) is 3.30. The van der Waals surface area contributed by atoms with E-state index in [0.29, 0.717) is 12.3 Å². The topological polar surface area (TPSA) is 72.3 Å². The van der Waals surface area contributed by atoms with Crippen molar-refractivity contribution in [3.05, 3.63) is 49.1 Å². The van der Waals surface area contributed by atoms with E-state index in [9.17, 15) is 4.79 Å². The van der Waals surface area contributed by atoms with Crippen LogP contribution in [0.3, 0.4) is 0 Å². The molecule has 1 aromatic heterocycles. The number of aromatic nitrogens is 3. The van der Waals surface area contributed by atoms with Gasteiger partial charge in [-0.3, -0.25) is 9.89 Å². The molecule has 1 aromatic carbocycles. The summed E-state index contributed by atoms with van der Waals surface area (Å²) in [6, 6.07) is 5.60. The number of hydrogen-bond acceptors (Lipinski definition) is 5. The maximum Gasteiger partial charge on any atom is 0.297 e. The van der Waals surface area contributed by atoms with E-state index in [1.807, 2.05) is 39.0 Å². The van der Waals surface area contributed by atoms with Crippen LogP contribution in [0.5, 0.6) is 5.75 Å². The SMILES string of the molecule is CCCOc1ccc(/C=N\n2c(=S)[nH]nc(C(C)(C)C)c2=O)cc1Br. The molecular formula is C17H21BrN4O2S. The average Bonchev–Trinajstić information content (AvgIpc) is 2.52. The predicted molar refractivity (Wildman–Crippen MR) is 105 cm³/mol. The number of rotatable bonds is 5. The number of halogens is 1. The van der Waals surface area contributed by atoms with Gasteiger partial charge in [0.15, 0.2) is 0 Å². The molecule has 8 heteroatoms. The highest BCUT2D eigenvalue weighted by Gasteiger charge is 2.21. The number of hydrogen-bond donors (Lipinski definition) is 1. The van der Waals surface area contributed by atoms with Crippen LogP contribution in [0.4, 0.5) is 0 Å². The standard InChI is InChI=1S/C17H21BrN4O2S/c1-5-8-24-13-7-6-11(9-12(13)18)10-19-22-15(23)14(17(2,3)4)20-21-16(22)25/h6-7,9-10H,5,8H2,1-4H3,(H,21,25)/b19-10-. The van der Waals surface area contributed by atoms with Crippen LogP contribution in [0.25, 0.3) is 0 Å². The van der Waals surface area contributed by atoms with Crippen molar-refractivity contribution in [2.24, 2.45) is 5.10 Å². The lowest BCUT2D eigenvalue weighted by Gasteiger charge is -2.16. The second kappa shape index (κ2) is 8.05. The molecule has 0 bridgehead atoms. The second-order valence-electron chi connectivity index (χ2n) is 6.53. The van der Waals surface area contributed by atoms with E-state index >= 15 is 0 Å². The van der Waals surface area contributed by atoms with Gasteiger partial charge in [-0.25, -0.2) is 0 Å². The first-order chi connectivity index (χ1) is 11.7. The average molecular weight is 425 g/mol. The van der Waals surface area contributed by atoms with E-state index in [-0.39, 0.29) is 10.3 Å². The molecule has 1 N–H and O–H groups in total. The van der Waals surface area contributed by atoms with Gasteiger partial charge in [0, 0.05) is 5.41 Å². The molecule has 6 nitrogen and oxygen atoms in total. The van der Waals surface area contributed by atoms with E-state index in [0.717, 1.165) is 26.9 Å². The minimum Gasteiger partial charge on any atom is -0.492 e.